The van der Waals surface area contributed by atoms with E-state index in [1.807, 2.05) is 0 Å². The topological polar surface area (TPSA) is 23.5 Å². The van der Waals surface area contributed by atoms with Gasteiger partial charge in [-0.2, -0.15) is 0 Å². The number of likely N-dealkylation sites (tertiary alicyclic amines) is 1. The van der Waals surface area contributed by atoms with Crippen LogP contribution in [0.4, 0.5) is 0 Å². The van der Waals surface area contributed by atoms with E-state index < -0.39 is 26.0 Å². The molecular weight excluding hydrogens is 102 g/mol. The summed E-state index contributed by atoms with van der Waals surface area (Å²) in [7, 11) is 0. The number of nitrogens with zero attached hydrogens (tertiary/aromatic N) is 1. The summed E-state index contributed by atoms with van der Waals surface area (Å²) in [5.74, 6) is 0. The first-order chi connectivity index (χ1) is 6.17. The normalized spacial score (nSPS) is 53.6. The molecule has 0 aromatic rings. The summed E-state index contributed by atoms with van der Waals surface area (Å²) in [6.45, 7) is -3.08. The lowest BCUT2D eigenvalue weighted by atomic mass is 10.1. The molecule has 0 unspecified atom stereocenters. The molecule has 0 bridgehead atoms. The minimum atomic E-state index is -2.62. The second-order valence-electron chi connectivity index (χ2n) is 1.57. The fourth-order valence-electron chi connectivity index (χ4n) is 0.534. The molecule has 0 aromatic heterocycles. The summed E-state index contributed by atoms with van der Waals surface area (Å²) in [5, 5.41) is 8.83. The molecule has 1 aliphatic rings. The molecule has 2 nitrogen and oxygen atoms in total. The van der Waals surface area contributed by atoms with E-state index >= 15 is 0 Å². The van der Waals surface area contributed by atoms with Crippen LogP contribution < -0.4 is 0 Å². The minimum absolute atomic E-state index is 0.00993. The number of hydrogen-bond donors (Lipinski definition) is 1. The number of aliphatic hydroxyl groups is 1. The van der Waals surface area contributed by atoms with Gasteiger partial charge in [0.25, 0.3) is 0 Å². The molecule has 0 atom stereocenters. The Labute approximate surface area is 58.5 Å². The quantitative estimate of drug-likeness (QED) is 0.543. The highest BCUT2D eigenvalue weighted by atomic mass is 16.3. The number of hydrogen-bond acceptors (Lipinski definition) is 2. The van der Waals surface area contributed by atoms with Gasteiger partial charge >= 0.3 is 0 Å². The molecule has 1 heterocycles. The Morgan fingerprint density at radius 1 is 1.62 bits per heavy atom. The highest BCUT2D eigenvalue weighted by Crippen LogP contribution is 2.06. The summed E-state index contributed by atoms with van der Waals surface area (Å²) < 4.78 is 44.6. The molecule has 1 fully saturated rings. The van der Waals surface area contributed by atoms with Crippen LogP contribution in [0.15, 0.2) is 0 Å². The Morgan fingerprint density at radius 2 is 2.50 bits per heavy atom. The van der Waals surface area contributed by atoms with Crippen molar-refractivity contribution in [1.82, 2.24) is 4.90 Å². The van der Waals surface area contributed by atoms with E-state index in [0.29, 0.717) is 0 Å². The molecule has 0 spiro atoms. The van der Waals surface area contributed by atoms with Gasteiger partial charge in [0.2, 0.25) is 0 Å². The van der Waals surface area contributed by atoms with E-state index in [9.17, 15) is 0 Å². The van der Waals surface area contributed by atoms with Crippen LogP contribution >= 0.6 is 0 Å². The fourth-order valence-corrected chi connectivity index (χ4v) is 0.534. The third kappa shape index (κ3) is 1.46. The Hall–Kier alpha value is -0.0800. The van der Waals surface area contributed by atoms with Gasteiger partial charge in [-0.1, -0.05) is 6.37 Å². The van der Waals surface area contributed by atoms with Gasteiger partial charge in [-0.05, 0) is 12.8 Å². The Balaban J connectivity index is 3.06. The van der Waals surface area contributed by atoms with Crippen LogP contribution in [0.3, 0.4) is 0 Å². The number of piperidine rings is 1. The van der Waals surface area contributed by atoms with E-state index in [4.69, 9.17) is 13.3 Å². The van der Waals surface area contributed by atoms with Crippen LogP contribution in [0.1, 0.15) is 27.4 Å². The highest BCUT2D eigenvalue weighted by molar-refractivity contribution is 4.59. The summed E-state index contributed by atoms with van der Waals surface area (Å²) in [6, 6.07) is 0. The molecule has 1 saturated heterocycles. The highest BCUT2D eigenvalue weighted by Gasteiger charge is 2.06. The molecule has 0 radical (unpaired) electrons. The van der Waals surface area contributed by atoms with Crippen molar-refractivity contribution < 1.29 is 13.3 Å². The van der Waals surface area contributed by atoms with Crippen molar-refractivity contribution in [3.8, 4) is 0 Å². The Morgan fingerprint density at radius 3 is 3.25 bits per heavy atom. The van der Waals surface area contributed by atoms with Crippen molar-refractivity contribution >= 4 is 0 Å². The maximum absolute atomic E-state index is 8.83. The maximum atomic E-state index is 8.83. The number of aliphatic hydroxyl groups excluding tert-OH is 1. The molecule has 0 aliphatic carbocycles. The SMILES string of the molecule is [2H]C1([2H])CCN(CO)C([2H])([2H])C1([2H])[2H]. The van der Waals surface area contributed by atoms with Crippen molar-refractivity contribution in [2.24, 2.45) is 0 Å². The zero-order chi connectivity index (χ0) is 11.2. The first-order valence-corrected chi connectivity index (χ1v) is 2.53. The van der Waals surface area contributed by atoms with Crippen LogP contribution in [-0.4, -0.2) is 29.8 Å². The van der Waals surface area contributed by atoms with Gasteiger partial charge in [0.15, 0.2) is 0 Å². The summed E-state index contributed by atoms with van der Waals surface area (Å²) in [6.07, 6.45) is -4.96. The predicted molar refractivity (Wildman–Crippen MR) is 32.5 cm³/mol. The van der Waals surface area contributed by atoms with Gasteiger partial charge in [-0.3, -0.25) is 4.90 Å². The standard InChI is InChI=1S/C6H13NO/c8-6-7-4-2-1-3-5-7/h8H,1-6H2/i1D2,2D2,4D2. The third-order valence-electron chi connectivity index (χ3n) is 0.980. The third-order valence-corrected chi connectivity index (χ3v) is 0.980. The van der Waals surface area contributed by atoms with E-state index in [0.717, 1.165) is 4.90 Å². The smallest absolute Gasteiger partial charge is 0.0956 e. The average molecular weight is 121 g/mol. The lowest BCUT2D eigenvalue weighted by molar-refractivity contribution is 0.0896. The fraction of sp³-hybridized carbons (Fsp3) is 1.00. The maximum Gasteiger partial charge on any atom is 0.0956 e. The summed E-state index contributed by atoms with van der Waals surface area (Å²) >= 11 is 0. The lowest BCUT2D eigenvalue weighted by Crippen LogP contribution is -2.30. The number of rotatable bonds is 1. The zero-order valence-electron chi connectivity index (χ0n) is 10.5. The molecule has 0 saturated carbocycles. The molecule has 8 heavy (non-hydrogen) atoms. The van der Waals surface area contributed by atoms with Crippen LogP contribution in [0.2, 0.25) is 0 Å². The summed E-state index contributed by atoms with van der Waals surface area (Å²) in [4.78, 5) is 0.897. The molecule has 1 aliphatic heterocycles. The van der Waals surface area contributed by atoms with Crippen molar-refractivity contribution in [2.75, 3.05) is 19.8 Å². The van der Waals surface area contributed by atoms with E-state index in [1.54, 1.807) is 0 Å². The molecule has 0 amide bonds. The van der Waals surface area contributed by atoms with Gasteiger partial charge in [0.1, 0.15) is 0 Å². The van der Waals surface area contributed by atoms with Gasteiger partial charge in [-0.25, -0.2) is 0 Å². The van der Waals surface area contributed by atoms with Crippen molar-refractivity contribution in [3.63, 3.8) is 0 Å². The van der Waals surface area contributed by atoms with Crippen molar-refractivity contribution in [2.45, 2.75) is 19.2 Å². The summed E-state index contributed by atoms with van der Waals surface area (Å²) in [5.41, 5.74) is 0. The second-order valence-corrected chi connectivity index (χ2v) is 1.57. The average Bonchev–Trinajstić information content (AvgIpc) is 2.02. The molecule has 0 aromatic carbocycles. The van der Waals surface area contributed by atoms with Gasteiger partial charge in [0, 0.05) is 21.3 Å². The van der Waals surface area contributed by atoms with Crippen molar-refractivity contribution in [1.29, 1.82) is 0 Å². The first kappa shape index (κ1) is 1.96. The minimum Gasteiger partial charge on any atom is -0.381 e. The Kier molecular flexibility index (Phi) is 0.746. The van der Waals surface area contributed by atoms with E-state index in [-0.39, 0.29) is 13.0 Å². The van der Waals surface area contributed by atoms with Crippen molar-refractivity contribution in [3.05, 3.63) is 0 Å². The van der Waals surface area contributed by atoms with Crippen LogP contribution in [-0.2, 0) is 0 Å². The van der Waals surface area contributed by atoms with Gasteiger partial charge in [-0.15, -0.1) is 0 Å². The monoisotopic (exact) mass is 121 g/mol. The first-order valence-electron chi connectivity index (χ1n) is 5.53. The largest absolute Gasteiger partial charge is 0.381 e. The van der Waals surface area contributed by atoms with Gasteiger partial charge in [0.05, 0.1) is 6.73 Å². The van der Waals surface area contributed by atoms with Gasteiger partial charge < -0.3 is 5.11 Å². The predicted octanol–water partition coefficient (Wildman–Crippen LogP) is 0.422. The molecule has 2 heteroatoms. The molecule has 1 N–H and O–H groups in total. The lowest BCUT2D eigenvalue weighted by Gasteiger charge is -2.23. The molecule has 48 valence electrons. The zero-order valence-corrected chi connectivity index (χ0v) is 4.52. The van der Waals surface area contributed by atoms with Crippen LogP contribution in [0, 0.1) is 0 Å². The Bertz CT molecular complexity index is 230. The molecule has 1 rings (SSSR count). The van der Waals surface area contributed by atoms with Crippen LogP contribution in [0.25, 0.3) is 0 Å². The van der Waals surface area contributed by atoms with E-state index in [1.165, 1.54) is 0 Å². The molecular formula is C6H13NO. The van der Waals surface area contributed by atoms with E-state index in [2.05, 4.69) is 0 Å². The second kappa shape index (κ2) is 3.05. The van der Waals surface area contributed by atoms with Crippen LogP contribution in [0.5, 0.6) is 0 Å².